The van der Waals surface area contributed by atoms with Gasteiger partial charge in [-0.15, -0.1) is 0 Å². The number of carbonyl (C=O) groups excluding carboxylic acids is 2. The lowest BCUT2D eigenvalue weighted by Gasteiger charge is -2.09. The number of hydrogen-bond acceptors (Lipinski definition) is 6. The minimum absolute atomic E-state index is 0.00685. The first kappa shape index (κ1) is 25.2. The van der Waals surface area contributed by atoms with Gasteiger partial charge in [-0.1, -0.05) is 23.3 Å². The Morgan fingerprint density at radius 1 is 1.03 bits per heavy atom. The van der Waals surface area contributed by atoms with Crippen LogP contribution in [0.4, 0.5) is 0 Å². The van der Waals surface area contributed by atoms with E-state index >= 15 is 0 Å². The van der Waals surface area contributed by atoms with Crippen molar-refractivity contribution in [3.63, 3.8) is 0 Å². The molecular weight excluding hydrogens is 384 g/mol. The maximum atomic E-state index is 11.9. The van der Waals surface area contributed by atoms with Crippen molar-refractivity contribution in [1.29, 1.82) is 0 Å². The van der Waals surface area contributed by atoms with Crippen LogP contribution in [0, 0.1) is 0 Å². The van der Waals surface area contributed by atoms with Crippen molar-refractivity contribution in [3.8, 4) is 11.5 Å². The minimum Gasteiger partial charge on any atom is -0.508 e. The van der Waals surface area contributed by atoms with Gasteiger partial charge < -0.3 is 20.1 Å². The van der Waals surface area contributed by atoms with E-state index in [0.29, 0.717) is 29.5 Å². The maximum absolute atomic E-state index is 11.9. The van der Waals surface area contributed by atoms with E-state index in [1.54, 1.807) is 6.92 Å². The highest BCUT2D eigenvalue weighted by Gasteiger charge is 2.14. The topological polar surface area (TPSA) is 104 Å². The van der Waals surface area contributed by atoms with Gasteiger partial charge in [-0.3, -0.25) is 9.59 Å². The SMILES string of the molecule is COC(=O)Cc1cc(O)c(C/C=C(\C)CC/C=C(\C)C(O)C(=O)C=C(C)C)cc1O. The van der Waals surface area contributed by atoms with E-state index in [9.17, 15) is 24.9 Å². The van der Waals surface area contributed by atoms with E-state index in [1.165, 1.54) is 25.3 Å². The zero-order valence-electron chi connectivity index (χ0n) is 18.4. The van der Waals surface area contributed by atoms with Crippen LogP contribution in [0.5, 0.6) is 11.5 Å². The summed E-state index contributed by atoms with van der Waals surface area (Å²) < 4.78 is 4.57. The summed E-state index contributed by atoms with van der Waals surface area (Å²) in [5, 5.41) is 30.3. The summed E-state index contributed by atoms with van der Waals surface area (Å²) in [5.74, 6) is -0.869. The second kappa shape index (κ2) is 12.0. The second-order valence-corrected chi connectivity index (χ2v) is 7.63. The highest BCUT2D eigenvalue weighted by atomic mass is 16.5. The molecule has 1 aromatic rings. The van der Waals surface area contributed by atoms with E-state index in [2.05, 4.69) is 4.74 Å². The minimum atomic E-state index is -1.12. The van der Waals surface area contributed by atoms with E-state index in [0.717, 1.165) is 17.6 Å². The molecule has 0 spiro atoms. The number of esters is 1. The first-order chi connectivity index (χ1) is 14.0. The van der Waals surface area contributed by atoms with E-state index in [-0.39, 0.29) is 23.7 Å². The molecule has 0 heterocycles. The third kappa shape index (κ3) is 8.25. The number of methoxy groups -OCH3 is 1. The average Bonchev–Trinajstić information content (AvgIpc) is 2.67. The molecule has 6 nitrogen and oxygen atoms in total. The van der Waals surface area contributed by atoms with Crippen LogP contribution in [0.2, 0.25) is 0 Å². The number of allylic oxidation sites excluding steroid dienone is 4. The molecule has 1 aromatic carbocycles. The molecule has 0 aliphatic rings. The van der Waals surface area contributed by atoms with Gasteiger partial charge in [0.25, 0.3) is 0 Å². The van der Waals surface area contributed by atoms with Gasteiger partial charge in [-0.05, 0) is 70.7 Å². The van der Waals surface area contributed by atoms with Crippen molar-refractivity contribution in [1.82, 2.24) is 0 Å². The zero-order valence-corrected chi connectivity index (χ0v) is 18.4. The number of phenolic OH excluding ortho intramolecular Hbond substituents is 2. The Morgan fingerprint density at radius 3 is 2.23 bits per heavy atom. The van der Waals surface area contributed by atoms with E-state index < -0.39 is 12.1 Å². The fourth-order valence-corrected chi connectivity index (χ4v) is 2.81. The zero-order chi connectivity index (χ0) is 22.8. The number of phenols is 2. The van der Waals surface area contributed by atoms with Crippen molar-refractivity contribution < 1.29 is 29.6 Å². The smallest absolute Gasteiger partial charge is 0.310 e. The lowest BCUT2D eigenvalue weighted by Crippen LogP contribution is -2.19. The molecule has 1 rings (SSSR count). The van der Waals surface area contributed by atoms with E-state index in [1.807, 2.05) is 32.9 Å². The number of aromatic hydroxyl groups is 2. The van der Waals surface area contributed by atoms with Gasteiger partial charge in [0, 0.05) is 11.1 Å². The van der Waals surface area contributed by atoms with Gasteiger partial charge in [0.05, 0.1) is 13.5 Å². The van der Waals surface area contributed by atoms with Gasteiger partial charge in [-0.2, -0.15) is 0 Å². The van der Waals surface area contributed by atoms with Crippen molar-refractivity contribution in [2.75, 3.05) is 7.11 Å². The van der Waals surface area contributed by atoms with Crippen molar-refractivity contribution in [2.45, 2.75) is 59.5 Å². The lowest BCUT2D eigenvalue weighted by molar-refractivity contribution is -0.139. The standard InChI is InChI=1S/C24H32O6/c1-15(2)11-22(27)24(29)17(4)8-6-7-16(3)9-10-18-12-21(26)19(13-20(18)25)14-23(28)30-5/h8-9,11-13,24-26,29H,6-7,10,14H2,1-5H3/b16-9+,17-8+. The average molecular weight is 417 g/mol. The molecule has 3 N–H and O–H groups in total. The maximum Gasteiger partial charge on any atom is 0.310 e. The molecule has 1 atom stereocenters. The highest BCUT2D eigenvalue weighted by Crippen LogP contribution is 2.29. The Bertz CT molecular complexity index is 857. The van der Waals surface area contributed by atoms with E-state index in [4.69, 9.17) is 0 Å². The largest absolute Gasteiger partial charge is 0.508 e. The number of aliphatic hydroxyl groups excluding tert-OH is 1. The first-order valence-electron chi connectivity index (χ1n) is 9.84. The molecule has 164 valence electrons. The Labute approximate surface area is 178 Å². The fraction of sp³-hybridized carbons (Fsp3) is 0.417. The van der Waals surface area contributed by atoms with Crippen LogP contribution in [0.3, 0.4) is 0 Å². The number of benzene rings is 1. The summed E-state index contributed by atoms with van der Waals surface area (Å²) >= 11 is 0. The second-order valence-electron chi connectivity index (χ2n) is 7.63. The highest BCUT2D eigenvalue weighted by molar-refractivity contribution is 5.95. The van der Waals surface area contributed by atoms with Crippen molar-refractivity contribution in [3.05, 3.63) is 58.2 Å². The molecule has 0 aromatic heterocycles. The molecule has 0 bridgehead atoms. The molecule has 0 aliphatic carbocycles. The Hall–Kier alpha value is -2.86. The predicted octanol–water partition coefficient (Wildman–Crippen LogP) is 3.92. The fourth-order valence-electron chi connectivity index (χ4n) is 2.81. The molecule has 0 amide bonds. The summed E-state index contributed by atoms with van der Waals surface area (Å²) in [6.07, 6.45) is 5.83. The summed E-state index contributed by atoms with van der Waals surface area (Å²) in [4.78, 5) is 23.2. The summed E-state index contributed by atoms with van der Waals surface area (Å²) in [7, 11) is 1.26. The van der Waals surface area contributed by atoms with Crippen LogP contribution < -0.4 is 0 Å². The monoisotopic (exact) mass is 416 g/mol. The normalized spacial score (nSPS) is 13.0. The first-order valence-corrected chi connectivity index (χ1v) is 9.84. The number of hydrogen-bond donors (Lipinski definition) is 3. The Balaban J connectivity index is 2.70. The number of carbonyl (C=O) groups is 2. The quantitative estimate of drug-likeness (QED) is 0.231. The molecule has 0 saturated heterocycles. The number of aliphatic hydroxyl groups is 1. The Morgan fingerprint density at radius 2 is 1.63 bits per heavy atom. The van der Waals surface area contributed by atoms with Crippen LogP contribution in [0.25, 0.3) is 0 Å². The summed E-state index contributed by atoms with van der Waals surface area (Å²) in [6.45, 7) is 7.30. The summed E-state index contributed by atoms with van der Waals surface area (Å²) in [5.41, 5.74) is 3.40. The molecule has 0 aliphatic heterocycles. The lowest BCUT2D eigenvalue weighted by atomic mass is 10.0. The molecule has 6 heteroatoms. The van der Waals surface area contributed by atoms with Crippen molar-refractivity contribution >= 4 is 11.8 Å². The Kier molecular flexibility index (Phi) is 10.1. The van der Waals surface area contributed by atoms with Crippen LogP contribution in [0.1, 0.15) is 51.7 Å². The summed E-state index contributed by atoms with van der Waals surface area (Å²) in [6, 6.07) is 2.83. The van der Waals surface area contributed by atoms with Gasteiger partial charge in [-0.25, -0.2) is 0 Å². The van der Waals surface area contributed by atoms with Gasteiger partial charge >= 0.3 is 5.97 Å². The van der Waals surface area contributed by atoms with Crippen LogP contribution in [-0.4, -0.2) is 40.3 Å². The van der Waals surface area contributed by atoms with Crippen LogP contribution in [-0.2, 0) is 27.2 Å². The van der Waals surface area contributed by atoms with Crippen LogP contribution in [0.15, 0.2) is 47.1 Å². The van der Waals surface area contributed by atoms with Gasteiger partial charge in [0.15, 0.2) is 5.78 Å². The third-order valence-corrected chi connectivity index (χ3v) is 4.65. The van der Waals surface area contributed by atoms with Crippen LogP contribution >= 0.6 is 0 Å². The van der Waals surface area contributed by atoms with Crippen molar-refractivity contribution in [2.24, 2.45) is 0 Å². The molecular formula is C24H32O6. The predicted molar refractivity (Wildman–Crippen MR) is 116 cm³/mol. The molecule has 1 unspecified atom stereocenters. The van der Waals surface area contributed by atoms with Gasteiger partial charge in [0.1, 0.15) is 17.6 Å². The van der Waals surface area contributed by atoms with Gasteiger partial charge in [0.2, 0.25) is 0 Å². The number of ether oxygens (including phenoxy) is 1. The molecule has 0 radical (unpaired) electrons. The third-order valence-electron chi connectivity index (χ3n) is 4.65. The molecule has 0 fully saturated rings. The molecule has 30 heavy (non-hydrogen) atoms. The number of rotatable bonds is 10. The molecule has 0 saturated carbocycles. The number of ketones is 1.